The van der Waals surface area contributed by atoms with Gasteiger partial charge < -0.3 is 130 Å². The number of aliphatic hydroxyl groups is 10. The number of amides is 3. The van der Waals surface area contributed by atoms with E-state index in [1.54, 1.807) is 7.05 Å². The summed E-state index contributed by atoms with van der Waals surface area (Å²) in [5, 5.41) is 107. The average Bonchev–Trinajstić information content (AvgIpc) is 3.45. The van der Waals surface area contributed by atoms with Crippen molar-refractivity contribution in [3.8, 4) is 0 Å². The van der Waals surface area contributed by atoms with Crippen LogP contribution in [0.2, 0.25) is 0 Å². The van der Waals surface area contributed by atoms with Gasteiger partial charge in [0, 0.05) is 32.6 Å². The van der Waals surface area contributed by atoms with E-state index in [1.807, 2.05) is 13.8 Å². The summed E-state index contributed by atoms with van der Waals surface area (Å²) >= 11 is 0. The van der Waals surface area contributed by atoms with Gasteiger partial charge in [0.25, 0.3) is 0 Å². The van der Waals surface area contributed by atoms with Crippen LogP contribution in [0.5, 0.6) is 0 Å². The van der Waals surface area contributed by atoms with Crippen molar-refractivity contribution >= 4 is 17.7 Å². The zero-order valence-electron chi connectivity index (χ0n) is 48.0. The highest BCUT2D eigenvalue weighted by molar-refractivity contribution is 5.89. The Balaban J connectivity index is 3.61. The molecule has 0 spiro atoms. The lowest BCUT2D eigenvalue weighted by molar-refractivity contribution is -0.131. The molecular formula is C51H103N5O25. The minimum absolute atomic E-state index is 0.0204. The minimum atomic E-state index is -1.89. The molecule has 81 heavy (non-hydrogen) atoms. The summed E-state index contributed by atoms with van der Waals surface area (Å²) < 4.78 is 65.9. The number of unbranched alkanes of at least 4 members (excludes halogenated alkanes) is 1. The number of ether oxygens (including phenoxy) is 12. The van der Waals surface area contributed by atoms with Gasteiger partial charge in [0.05, 0.1) is 190 Å². The molecule has 0 saturated carbocycles. The standard InChI is InChI=1S/C51H103N5O25/c1-38(2)45(53-3)51(69)55-39(50(52)68)6-4-5-8-54-44(63)7-10-70-12-14-72-16-18-74-20-22-76-24-26-78-28-30-80-32-33-81-31-29-79-27-25-77-23-21-75-19-17-73-15-13-71-11-9-56(34-40(59)46(64)48(66)42(61)36-57)35-41(60)47(65)49(67)43(62)37-58/h38-43,45-49,53,57-62,64-67H,4-37H2,1-3H3,(H2,52,68)(H,54,63)(H,55,69)/t39-,40-,41-,42+,43+,45-,46+,47+,48+,49+/m0/s1. The molecule has 0 aliphatic rings. The molecule has 0 heterocycles. The molecule has 0 aromatic rings. The average molecular weight is 1190 g/mol. The molecule has 15 N–H and O–H groups in total. The fraction of sp³-hybridized carbons (Fsp3) is 0.941. The number of nitrogens with one attached hydrogen (secondary N) is 3. The highest BCUT2D eigenvalue weighted by atomic mass is 16.6. The number of hydrogen-bond acceptors (Lipinski definition) is 27. The lowest BCUT2D eigenvalue weighted by Gasteiger charge is -2.33. The summed E-state index contributed by atoms with van der Waals surface area (Å²) in [6.07, 6.45) is -12.5. The molecular weight excluding hydrogens is 1080 g/mol. The van der Waals surface area contributed by atoms with E-state index in [9.17, 15) is 55.2 Å². The molecule has 0 aromatic carbocycles. The third kappa shape index (κ3) is 43.7. The molecule has 30 nitrogen and oxygen atoms in total. The van der Waals surface area contributed by atoms with E-state index in [2.05, 4.69) is 16.0 Å². The third-order valence-electron chi connectivity index (χ3n) is 11.8. The number of likely N-dealkylation sites (N-methyl/N-ethyl adjacent to an activating group) is 1. The van der Waals surface area contributed by atoms with Crippen molar-refractivity contribution in [3.05, 3.63) is 0 Å². The minimum Gasteiger partial charge on any atom is -0.394 e. The monoisotopic (exact) mass is 1190 g/mol. The van der Waals surface area contributed by atoms with Crippen LogP contribution in [0.25, 0.3) is 0 Å². The molecule has 0 fully saturated rings. The molecule has 0 saturated heterocycles. The van der Waals surface area contributed by atoms with Crippen molar-refractivity contribution in [1.82, 2.24) is 20.9 Å². The first-order valence-corrected chi connectivity index (χ1v) is 27.9. The second-order valence-electron chi connectivity index (χ2n) is 18.8. The van der Waals surface area contributed by atoms with Crippen LogP contribution >= 0.6 is 0 Å². The Labute approximate surface area is 477 Å². The van der Waals surface area contributed by atoms with Crippen molar-refractivity contribution in [2.75, 3.05) is 205 Å². The maximum absolute atomic E-state index is 12.4. The van der Waals surface area contributed by atoms with Crippen LogP contribution in [0.4, 0.5) is 0 Å². The van der Waals surface area contributed by atoms with E-state index in [4.69, 9.17) is 72.8 Å². The van der Waals surface area contributed by atoms with Crippen LogP contribution in [-0.4, -0.2) is 340 Å². The van der Waals surface area contributed by atoms with E-state index in [1.165, 1.54) is 4.90 Å². The fourth-order valence-electron chi connectivity index (χ4n) is 7.11. The quantitative estimate of drug-likeness (QED) is 0.0252. The number of rotatable bonds is 61. The summed E-state index contributed by atoms with van der Waals surface area (Å²) in [7, 11) is 1.69. The molecule has 0 bridgehead atoms. The normalized spacial score (nSPS) is 15.7. The van der Waals surface area contributed by atoms with Gasteiger partial charge in [-0.2, -0.15) is 0 Å². The Kier molecular flexibility index (Phi) is 52.4. The molecule has 10 atom stereocenters. The maximum atomic E-state index is 12.4. The summed E-state index contributed by atoms with van der Waals surface area (Å²) in [5.41, 5.74) is 5.47. The second-order valence-corrected chi connectivity index (χ2v) is 18.8. The molecule has 482 valence electrons. The SMILES string of the molecule is CN[C@H](C(=O)N[C@@H](CCCCNC(=O)CCOCCOCCOCCOCCOCCOCCOCCOCCOCCOCCOCCOCCN(C[C@H](O)[C@@H](O)[C@H](O)[C@H](O)CO)C[C@H](O)[C@@H](O)[C@H](O)[C@H](O)CO)C(N)=O)C(C)C. The van der Waals surface area contributed by atoms with Crippen LogP contribution < -0.4 is 21.7 Å². The van der Waals surface area contributed by atoms with E-state index in [0.717, 1.165) is 0 Å². The van der Waals surface area contributed by atoms with Gasteiger partial charge in [0.15, 0.2) is 0 Å². The first-order chi connectivity index (χ1) is 39.0. The van der Waals surface area contributed by atoms with Crippen molar-refractivity contribution in [2.24, 2.45) is 11.7 Å². The summed E-state index contributed by atoms with van der Waals surface area (Å²) in [5.74, 6) is -0.947. The Morgan fingerprint density at radius 1 is 0.457 bits per heavy atom. The van der Waals surface area contributed by atoms with Crippen molar-refractivity contribution < 1.29 is 122 Å². The zero-order valence-corrected chi connectivity index (χ0v) is 48.0. The van der Waals surface area contributed by atoms with Crippen LogP contribution in [0.15, 0.2) is 0 Å². The van der Waals surface area contributed by atoms with E-state index >= 15 is 0 Å². The third-order valence-corrected chi connectivity index (χ3v) is 11.8. The Bertz CT molecular complexity index is 1430. The van der Waals surface area contributed by atoms with Gasteiger partial charge in [-0.3, -0.25) is 19.3 Å². The van der Waals surface area contributed by atoms with Crippen molar-refractivity contribution in [1.29, 1.82) is 0 Å². The topological polar surface area (TPSA) is 430 Å². The van der Waals surface area contributed by atoms with Gasteiger partial charge >= 0.3 is 0 Å². The van der Waals surface area contributed by atoms with Crippen LogP contribution in [0.1, 0.15) is 39.5 Å². The highest BCUT2D eigenvalue weighted by Gasteiger charge is 2.34. The van der Waals surface area contributed by atoms with Gasteiger partial charge in [0.2, 0.25) is 17.7 Å². The van der Waals surface area contributed by atoms with Crippen LogP contribution in [0.3, 0.4) is 0 Å². The van der Waals surface area contributed by atoms with Crippen molar-refractivity contribution in [3.63, 3.8) is 0 Å². The van der Waals surface area contributed by atoms with Gasteiger partial charge in [-0.05, 0) is 32.2 Å². The number of hydrogen-bond donors (Lipinski definition) is 14. The number of nitrogens with zero attached hydrogens (tertiary/aromatic N) is 1. The number of carbonyl (C=O) groups excluding carboxylic acids is 3. The smallest absolute Gasteiger partial charge is 0.240 e. The van der Waals surface area contributed by atoms with E-state index in [-0.39, 0.29) is 63.7 Å². The van der Waals surface area contributed by atoms with Gasteiger partial charge in [-0.1, -0.05) is 13.8 Å². The number of carbonyl (C=O) groups is 3. The summed E-state index contributed by atoms with van der Waals surface area (Å²) in [6.45, 7) is 10.2. The van der Waals surface area contributed by atoms with E-state index in [0.29, 0.717) is 151 Å². The van der Waals surface area contributed by atoms with Gasteiger partial charge in [-0.25, -0.2) is 0 Å². The van der Waals surface area contributed by atoms with Crippen molar-refractivity contribution in [2.45, 2.75) is 100 Å². The van der Waals surface area contributed by atoms with Gasteiger partial charge in [-0.15, -0.1) is 0 Å². The van der Waals surface area contributed by atoms with Crippen LogP contribution in [0, 0.1) is 5.92 Å². The summed E-state index contributed by atoms with van der Waals surface area (Å²) in [4.78, 5) is 37.6. The molecule has 3 amide bonds. The fourth-order valence-corrected chi connectivity index (χ4v) is 7.11. The lowest BCUT2D eigenvalue weighted by atomic mass is 10.0. The number of primary amides is 1. The molecule has 0 aliphatic carbocycles. The lowest BCUT2D eigenvalue weighted by Crippen LogP contribution is -2.53. The molecule has 0 unspecified atom stereocenters. The molecule has 0 radical (unpaired) electrons. The predicted octanol–water partition coefficient (Wildman–Crippen LogP) is -6.75. The zero-order chi connectivity index (χ0) is 60.3. The Hall–Kier alpha value is -2.55. The Morgan fingerprint density at radius 2 is 0.765 bits per heavy atom. The molecule has 0 rings (SSSR count). The number of nitrogens with two attached hydrogens (primary N) is 1. The highest BCUT2D eigenvalue weighted by Crippen LogP contribution is 2.11. The first kappa shape index (κ1) is 78.5. The molecule has 0 aliphatic heterocycles. The molecule has 30 heteroatoms. The second kappa shape index (κ2) is 54.1. The first-order valence-electron chi connectivity index (χ1n) is 27.9. The van der Waals surface area contributed by atoms with E-state index < -0.39 is 93.1 Å². The maximum Gasteiger partial charge on any atom is 0.240 e. The number of aliphatic hydroxyl groups excluding tert-OH is 10. The predicted molar refractivity (Wildman–Crippen MR) is 289 cm³/mol. The molecule has 0 aromatic heterocycles. The van der Waals surface area contributed by atoms with Crippen LogP contribution in [-0.2, 0) is 71.2 Å². The Morgan fingerprint density at radius 3 is 1.06 bits per heavy atom. The largest absolute Gasteiger partial charge is 0.394 e. The summed E-state index contributed by atoms with van der Waals surface area (Å²) in [6, 6.07) is -1.19. The van der Waals surface area contributed by atoms with Gasteiger partial charge in [0.1, 0.15) is 42.7 Å².